The number of benzene rings is 4. The summed E-state index contributed by atoms with van der Waals surface area (Å²) < 4.78 is 5.35. The lowest BCUT2D eigenvalue weighted by atomic mass is 10.0. The average molecular weight is 407 g/mol. The van der Waals surface area contributed by atoms with E-state index < -0.39 is 0 Å². The van der Waals surface area contributed by atoms with Crippen molar-refractivity contribution in [3.05, 3.63) is 126 Å². The summed E-state index contributed by atoms with van der Waals surface area (Å²) in [6.07, 6.45) is 1.01. The van der Waals surface area contributed by atoms with Gasteiger partial charge in [-0.3, -0.25) is 0 Å². The molecule has 4 aromatic carbocycles. The lowest BCUT2D eigenvalue weighted by molar-refractivity contribution is 0.415. The number of rotatable bonds is 7. The maximum absolute atomic E-state index is 5.35. The quantitative estimate of drug-likeness (QED) is 0.248. The second-order valence-electron chi connectivity index (χ2n) is 7.21. The van der Waals surface area contributed by atoms with Gasteiger partial charge in [0.2, 0.25) is 0 Å². The molecule has 0 aliphatic heterocycles. The molecule has 0 atom stereocenters. The summed E-state index contributed by atoms with van der Waals surface area (Å²) in [5, 5.41) is 7.17. The lowest BCUT2D eigenvalue weighted by Crippen LogP contribution is -2.15. The maximum Gasteiger partial charge on any atom is 0.119 e. The summed E-state index contributed by atoms with van der Waals surface area (Å²) in [6, 6.07) is 37.2. The van der Waals surface area contributed by atoms with Crippen LogP contribution in [0.5, 0.6) is 5.75 Å². The van der Waals surface area contributed by atoms with E-state index in [1.165, 1.54) is 5.56 Å². The molecule has 4 rings (SSSR count). The monoisotopic (exact) mass is 406 g/mol. The van der Waals surface area contributed by atoms with Gasteiger partial charge in [-0.2, -0.15) is 5.10 Å². The Balaban J connectivity index is 1.87. The van der Waals surface area contributed by atoms with Crippen molar-refractivity contribution in [1.82, 2.24) is 0 Å². The minimum absolute atomic E-state index is 0.820. The van der Waals surface area contributed by atoms with Crippen LogP contribution in [0, 0.1) is 0 Å². The van der Waals surface area contributed by atoms with Gasteiger partial charge in [-0.1, -0.05) is 79.7 Å². The highest BCUT2D eigenvalue weighted by Crippen LogP contribution is 2.29. The molecule has 0 fully saturated rings. The molecule has 0 aliphatic carbocycles. The third kappa shape index (κ3) is 4.84. The standard InChI is InChI=1S/C28H26N2O/c1-3-22-14-16-25(17-15-22)30(26-18-20-27(31-2)21-19-26)29-28(23-10-6-4-7-11-23)24-12-8-5-9-13-24/h4-21H,3H2,1-2H3. The van der Waals surface area contributed by atoms with E-state index >= 15 is 0 Å². The molecule has 0 spiro atoms. The molecular weight excluding hydrogens is 380 g/mol. The zero-order chi connectivity index (χ0) is 21.5. The fourth-order valence-corrected chi connectivity index (χ4v) is 3.43. The zero-order valence-corrected chi connectivity index (χ0v) is 17.9. The van der Waals surface area contributed by atoms with E-state index in [9.17, 15) is 0 Å². The van der Waals surface area contributed by atoms with Gasteiger partial charge in [-0.05, 0) is 48.4 Å². The minimum Gasteiger partial charge on any atom is -0.497 e. The van der Waals surface area contributed by atoms with Gasteiger partial charge in [0.1, 0.15) is 5.75 Å². The first-order chi connectivity index (χ1) is 15.3. The van der Waals surface area contributed by atoms with Crippen LogP contribution >= 0.6 is 0 Å². The molecule has 0 unspecified atom stereocenters. The Morgan fingerprint density at radius 3 is 1.61 bits per heavy atom. The van der Waals surface area contributed by atoms with Crippen molar-refractivity contribution < 1.29 is 4.74 Å². The molecule has 154 valence electrons. The number of hydrogen-bond donors (Lipinski definition) is 0. The Morgan fingerprint density at radius 2 is 1.16 bits per heavy atom. The molecule has 3 heteroatoms. The SMILES string of the molecule is CCc1ccc(N(N=C(c2ccccc2)c2ccccc2)c2ccc(OC)cc2)cc1. The molecular formula is C28H26N2O. The van der Waals surface area contributed by atoms with Crippen LogP contribution in [0.3, 0.4) is 0 Å². The van der Waals surface area contributed by atoms with E-state index in [1.54, 1.807) is 7.11 Å². The van der Waals surface area contributed by atoms with Crippen LogP contribution < -0.4 is 9.75 Å². The third-order valence-corrected chi connectivity index (χ3v) is 5.20. The van der Waals surface area contributed by atoms with Crippen molar-refractivity contribution in [2.45, 2.75) is 13.3 Å². The maximum atomic E-state index is 5.35. The zero-order valence-electron chi connectivity index (χ0n) is 17.9. The van der Waals surface area contributed by atoms with Gasteiger partial charge in [-0.15, -0.1) is 0 Å². The van der Waals surface area contributed by atoms with E-state index in [2.05, 4.69) is 55.5 Å². The summed E-state index contributed by atoms with van der Waals surface area (Å²) in [6.45, 7) is 2.16. The second-order valence-corrected chi connectivity index (χ2v) is 7.21. The van der Waals surface area contributed by atoms with Gasteiger partial charge in [0.15, 0.2) is 0 Å². The Morgan fingerprint density at radius 1 is 0.677 bits per heavy atom. The molecule has 4 aromatic rings. The van der Waals surface area contributed by atoms with E-state index in [0.717, 1.165) is 40.4 Å². The number of ether oxygens (including phenoxy) is 1. The number of anilines is 2. The third-order valence-electron chi connectivity index (χ3n) is 5.20. The van der Waals surface area contributed by atoms with Gasteiger partial charge in [-0.25, -0.2) is 5.01 Å². The summed E-state index contributed by atoms with van der Waals surface area (Å²) in [5.41, 5.74) is 6.32. The largest absolute Gasteiger partial charge is 0.497 e. The van der Waals surface area contributed by atoms with Gasteiger partial charge in [0, 0.05) is 11.1 Å². The van der Waals surface area contributed by atoms with Crippen molar-refractivity contribution in [2.24, 2.45) is 5.10 Å². The Labute approximate surface area is 184 Å². The smallest absolute Gasteiger partial charge is 0.119 e. The molecule has 0 radical (unpaired) electrons. The van der Waals surface area contributed by atoms with Crippen LogP contribution in [-0.2, 0) is 6.42 Å². The van der Waals surface area contributed by atoms with Gasteiger partial charge < -0.3 is 4.74 Å². The molecule has 3 nitrogen and oxygen atoms in total. The van der Waals surface area contributed by atoms with Crippen LogP contribution in [0.25, 0.3) is 0 Å². The summed E-state index contributed by atoms with van der Waals surface area (Å²) >= 11 is 0. The number of hydrogen-bond acceptors (Lipinski definition) is 3. The molecule has 0 amide bonds. The molecule has 0 bridgehead atoms. The first-order valence-electron chi connectivity index (χ1n) is 10.5. The van der Waals surface area contributed by atoms with Crippen LogP contribution in [0.15, 0.2) is 114 Å². The molecule has 0 aliphatic rings. The first kappa shape index (κ1) is 20.4. The first-order valence-corrected chi connectivity index (χ1v) is 10.5. The number of nitrogens with zero attached hydrogens (tertiary/aromatic N) is 2. The fraction of sp³-hybridized carbons (Fsp3) is 0.107. The summed E-state index contributed by atoms with van der Waals surface area (Å²) in [7, 11) is 1.68. The van der Waals surface area contributed by atoms with Crippen molar-refractivity contribution >= 4 is 17.1 Å². The Hall–Kier alpha value is -3.85. The van der Waals surface area contributed by atoms with E-state index in [-0.39, 0.29) is 0 Å². The highest BCUT2D eigenvalue weighted by atomic mass is 16.5. The van der Waals surface area contributed by atoms with E-state index in [4.69, 9.17) is 9.84 Å². The Bertz CT molecular complexity index is 1030. The Kier molecular flexibility index (Phi) is 6.44. The number of hydrazone groups is 1. The van der Waals surface area contributed by atoms with Gasteiger partial charge in [0.25, 0.3) is 0 Å². The predicted molar refractivity (Wildman–Crippen MR) is 129 cm³/mol. The topological polar surface area (TPSA) is 24.8 Å². The van der Waals surface area contributed by atoms with Crippen molar-refractivity contribution in [3.8, 4) is 5.75 Å². The number of methoxy groups -OCH3 is 1. The fourth-order valence-electron chi connectivity index (χ4n) is 3.43. The van der Waals surface area contributed by atoms with E-state index in [1.807, 2.05) is 65.7 Å². The molecule has 0 N–H and O–H groups in total. The molecule has 0 saturated carbocycles. The highest BCUT2D eigenvalue weighted by molar-refractivity contribution is 6.13. The van der Waals surface area contributed by atoms with Gasteiger partial charge >= 0.3 is 0 Å². The molecule has 0 saturated heterocycles. The van der Waals surface area contributed by atoms with Crippen LogP contribution in [-0.4, -0.2) is 12.8 Å². The van der Waals surface area contributed by atoms with Crippen molar-refractivity contribution in [1.29, 1.82) is 0 Å². The summed E-state index contributed by atoms with van der Waals surface area (Å²) in [5.74, 6) is 0.820. The number of aryl methyl sites for hydroxylation is 1. The van der Waals surface area contributed by atoms with Crippen molar-refractivity contribution in [3.63, 3.8) is 0 Å². The molecule has 31 heavy (non-hydrogen) atoms. The lowest BCUT2D eigenvalue weighted by Gasteiger charge is -2.22. The highest BCUT2D eigenvalue weighted by Gasteiger charge is 2.14. The molecule has 0 aromatic heterocycles. The normalized spacial score (nSPS) is 10.4. The van der Waals surface area contributed by atoms with Crippen molar-refractivity contribution in [2.75, 3.05) is 12.1 Å². The average Bonchev–Trinajstić information content (AvgIpc) is 2.86. The van der Waals surface area contributed by atoms with E-state index in [0.29, 0.717) is 0 Å². The minimum atomic E-state index is 0.820. The second kappa shape index (κ2) is 9.77. The van der Waals surface area contributed by atoms with Crippen LogP contribution in [0.1, 0.15) is 23.6 Å². The van der Waals surface area contributed by atoms with Crippen LogP contribution in [0.2, 0.25) is 0 Å². The summed E-state index contributed by atoms with van der Waals surface area (Å²) in [4.78, 5) is 0. The van der Waals surface area contributed by atoms with Crippen LogP contribution in [0.4, 0.5) is 11.4 Å². The molecule has 0 heterocycles. The predicted octanol–water partition coefficient (Wildman–Crippen LogP) is 6.85. The van der Waals surface area contributed by atoms with Gasteiger partial charge in [0.05, 0.1) is 24.2 Å².